The molecule has 0 radical (unpaired) electrons. The summed E-state index contributed by atoms with van der Waals surface area (Å²) in [6, 6.07) is 8.94. The van der Waals surface area contributed by atoms with E-state index in [2.05, 4.69) is 10.0 Å². The Hall–Kier alpha value is -2.65. The van der Waals surface area contributed by atoms with E-state index in [-0.39, 0.29) is 17.3 Å². The highest BCUT2D eigenvalue weighted by Crippen LogP contribution is 2.15. The van der Waals surface area contributed by atoms with Crippen LogP contribution in [0.2, 0.25) is 0 Å². The zero-order valence-electron chi connectivity index (χ0n) is 18.6. The number of carbonyl (C=O) groups excluding carboxylic acids is 2. The fourth-order valence-corrected chi connectivity index (χ4v) is 3.98. The van der Waals surface area contributed by atoms with Gasteiger partial charge in [0.05, 0.1) is 24.2 Å². The molecule has 31 heavy (non-hydrogen) atoms. The lowest BCUT2D eigenvalue weighted by Crippen LogP contribution is -2.54. The molecule has 0 unspecified atom stereocenters. The number of carbonyl (C=O) groups is 2. The molecule has 8 nitrogen and oxygen atoms in total. The Morgan fingerprint density at radius 2 is 1.77 bits per heavy atom. The van der Waals surface area contributed by atoms with Gasteiger partial charge in [-0.15, -0.1) is 0 Å². The summed E-state index contributed by atoms with van der Waals surface area (Å²) in [6.07, 6.45) is 1.84. The first-order chi connectivity index (χ1) is 14.4. The third-order valence-electron chi connectivity index (χ3n) is 4.54. The molecule has 2 rings (SSSR count). The summed E-state index contributed by atoms with van der Waals surface area (Å²) in [4.78, 5) is 27.3. The van der Waals surface area contributed by atoms with Gasteiger partial charge < -0.3 is 14.6 Å². The minimum absolute atomic E-state index is 0.0498. The van der Waals surface area contributed by atoms with E-state index in [9.17, 15) is 18.0 Å². The van der Waals surface area contributed by atoms with Crippen LogP contribution >= 0.6 is 0 Å². The van der Waals surface area contributed by atoms with Crippen molar-refractivity contribution in [3.8, 4) is 0 Å². The molecule has 0 spiro atoms. The van der Waals surface area contributed by atoms with Crippen molar-refractivity contribution < 1.29 is 22.4 Å². The number of amides is 2. The second-order valence-corrected chi connectivity index (χ2v) is 10.2. The molecule has 1 heterocycles. The van der Waals surface area contributed by atoms with Crippen LogP contribution in [0.5, 0.6) is 0 Å². The minimum atomic E-state index is -3.87. The molecule has 0 saturated heterocycles. The largest absolute Gasteiger partial charge is 0.467 e. The molecule has 0 saturated carbocycles. The Labute approximate surface area is 184 Å². The Morgan fingerprint density at radius 1 is 1.13 bits per heavy atom. The van der Waals surface area contributed by atoms with Gasteiger partial charge in [-0.2, -0.15) is 0 Å². The summed E-state index contributed by atoms with van der Waals surface area (Å²) in [5.74, 6) is -0.337. The normalized spacial score (nSPS) is 12.9. The third kappa shape index (κ3) is 7.22. The molecule has 2 aromatic rings. The zero-order valence-corrected chi connectivity index (χ0v) is 19.5. The molecule has 0 aliphatic heterocycles. The second-order valence-electron chi connectivity index (χ2n) is 8.40. The van der Waals surface area contributed by atoms with Crippen LogP contribution in [0.4, 0.5) is 0 Å². The monoisotopic (exact) mass is 449 g/mol. The van der Waals surface area contributed by atoms with Crippen molar-refractivity contribution in [3.05, 3.63) is 54.0 Å². The Bertz CT molecular complexity index is 977. The van der Waals surface area contributed by atoms with Gasteiger partial charge in [-0.25, -0.2) is 13.1 Å². The fraction of sp³-hybridized carbons (Fsp3) is 0.455. The van der Waals surface area contributed by atoms with Gasteiger partial charge in [0.2, 0.25) is 21.8 Å². The van der Waals surface area contributed by atoms with Crippen molar-refractivity contribution in [3.63, 3.8) is 0 Å². The maximum Gasteiger partial charge on any atom is 0.243 e. The summed E-state index contributed by atoms with van der Waals surface area (Å²) in [6.45, 7) is 8.79. The van der Waals surface area contributed by atoms with Crippen molar-refractivity contribution in [2.75, 3.05) is 6.54 Å². The second kappa shape index (κ2) is 10.1. The van der Waals surface area contributed by atoms with Gasteiger partial charge in [-0.3, -0.25) is 9.59 Å². The molecule has 0 fully saturated rings. The standard InChI is InChI=1S/C22H31N3O5S/c1-6-19(21(27)24-22(3,4)5)25(15-17-8-7-13-30-17)20(26)14-23-31(28,29)18-11-9-16(2)10-12-18/h7-13,19,23H,6,14-15H2,1-5H3,(H,24,27)/t19-/m1/s1. The molecular weight excluding hydrogens is 418 g/mol. The highest BCUT2D eigenvalue weighted by Gasteiger charge is 2.31. The van der Waals surface area contributed by atoms with Crippen LogP contribution in [0.25, 0.3) is 0 Å². The smallest absolute Gasteiger partial charge is 0.243 e. The average Bonchev–Trinajstić information content (AvgIpc) is 3.18. The van der Waals surface area contributed by atoms with E-state index in [1.807, 2.05) is 27.7 Å². The predicted octanol–water partition coefficient (Wildman–Crippen LogP) is 2.59. The van der Waals surface area contributed by atoms with E-state index < -0.39 is 34.1 Å². The Morgan fingerprint density at radius 3 is 2.29 bits per heavy atom. The average molecular weight is 450 g/mol. The fourth-order valence-electron chi connectivity index (χ4n) is 3.00. The van der Waals surface area contributed by atoms with Crippen molar-refractivity contribution in [2.45, 2.75) is 64.1 Å². The summed E-state index contributed by atoms with van der Waals surface area (Å²) >= 11 is 0. The minimum Gasteiger partial charge on any atom is -0.467 e. The number of furan rings is 1. The van der Waals surface area contributed by atoms with Crippen LogP contribution in [0.1, 0.15) is 45.4 Å². The molecule has 2 N–H and O–H groups in total. The number of hydrogen-bond acceptors (Lipinski definition) is 5. The van der Waals surface area contributed by atoms with E-state index >= 15 is 0 Å². The number of rotatable bonds is 9. The van der Waals surface area contributed by atoms with Crippen molar-refractivity contribution in [2.24, 2.45) is 0 Å². The highest BCUT2D eigenvalue weighted by molar-refractivity contribution is 7.89. The number of sulfonamides is 1. The first-order valence-electron chi connectivity index (χ1n) is 10.1. The molecule has 170 valence electrons. The van der Waals surface area contributed by atoms with E-state index in [1.165, 1.54) is 23.3 Å². The Kier molecular flexibility index (Phi) is 8.02. The summed E-state index contributed by atoms with van der Waals surface area (Å²) < 4.78 is 32.8. The molecule has 0 bridgehead atoms. The van der Waals surface area contributed by atoms with Crippen molar-refractivity contribution in [1.29, 1.82) is 0 Å². The van der Waals surface area contributed by atoms with Gasteiger partial charge in [0.15, 0.2) is 0 Å². The molecule has 0 aliphatic rings. The maximum absolute atomic E-state index is 13.0. The van der Waals surface area contributed by atoms with Crippen LogP contribution in [0.15, 0.2) is 52.0 Å². The molecular formula is C22H31N3O5S. The molecule has 0 aliphatic carbocycles. The quantitative estimate of drug-likeness (QED) is 0.612. The van der Waals surface area contributed by atoms with Gasteiger partial charge >= 0.3 is 0 Å². The number of aryl methyl sites for hydroxylation is 1. The molecule has 1 aromatic heterocycles. The van der Waals surface area contributed by atoms with Gasteiger partial charge in [0, 0.05) is 5.54 Å². The third-order valence-corrected chi connectivity index (χ3v) is 5.95. The zero-order chi connectivity index (χ0) is 23.2. The van der Waals surface area contributed by atoms with Crippen molar-refractivity contribution in [1.82, 2.24) is 14.9 Å². The molecule has 1 atom stereocenters. The van der Waals surface area contributed by atoms with Crippen LogP contribution in [-0.2, 0) is 26.2 Å². The van der Waals surface area contributed by atoms with E-state index in [0.29, 0.717) is 12.2 Å². The van der Waals surface area contributed by atoms with Crippen LogP contribution in [-0.4, -0.2) is 43.3 Å². The number of nitrogens with zero attached hydrogens (tertiary/aromatic N) is 1. The van der Waals surface area contributed by atoms with Crippen molar-refractivity contribution >= 4 is 21.8 Å². The first kappa shape index (κ1) is 24.6. The van der Waals surface area contributed by atoms with Gasteiger partial charge in [-0.1, -0.05) is 24.6 Å². The number of benzene rings is 1. The van der Waals surface area contributed by atoms with Gasteiger partial charge in [-0.05, 0) is 58.4 Å². The van der Waals surface area contributed by atoms with Gasteiger partial charge in [0.25, 0.3) is 0 Å². The van der Waals surface area contributed by atoms with Crippen LogP contribution in [0.3, 0.4) is 0 Å². The summed E-state index contributed by atoms with van der Waals surface area (Å²) in [5.41, 5.74) is 0.451. The molecule has 9 heteroatoms. The van der Waals surface area contributed by atoms with E-state index in [1.54, 1.807) is 31.2 Å². The SMILES string of the molecule is CC[C@H](C(=O)NC(C)(C)C)N(Cc1ccco1)C(=O)CNS(=O)(=O)c1ccc(C)cc1. The lowest BCUT2D eigenvalue weighted by Gasteiger charge is -2.32. The molecule has 1 aromatic carbocycles. The summed E-state index contributed by atoms with van der Waals surface area (Å²) in [7, 11) is -3.87. The van der Waals surface area contributed by atoms with E-state index in [0.717, 1.165) is 5.56 Å². The first-order valence-corrected chi connectivity index (χ1v) is 11.6. The van der Waals surface area contributed by atoms with Gasteiger partial charge in [0.1, 0.15) is 11.8 Å². The topological polar surface area (TPSA) is 109 Å². The summed E-state index contributed by atoms with van der Waals surface area (Å²) in [5, 5.41) is 2.89. The Balaban J connectivity index is 2.21. The maximum atomic E-state index is 13.0. The van der Waals surface area contributed by atoms with E-state index in [4.69, 9.17) is 4.42 Å². The molecule has 2 amide bonds. The number of nitrogens with one attached hydrogen (secondary N) is 2. The van der Waals surface area contributed by atoms with Crippen LogP contribution in [0, 0.1) is 6.92 Å². The lowest BCUT2D eigenvalue weighted by molar-refractivity contribution is -0.141. The highest BCUT2D eigenvalue weighted by atomic mass is 32.2. The lowest BCUT2D eigenvalue weighted by atomic mass is 10.1. The van der Waals surface area contributed by atoms with Crippen LogP contribution < -0.4 is 10.0 Å². The number of hydrogen-bond donors (Lipinski definition) is 2. The predicted molar refractivity (Wildman–Crippen MR) is 118 cm³/mol.